The molecule has 0 radical (unpaired) electrons. The molecule has 0 aromatic heterocycles. The smallest absolute Gasteiger partial charge is 0.258 e. The van der Waals surface area contributed by atoms with Gasteiger partial charge in [-0.2, -0.15) is 5.48 Å². The first kappa shape index (κ1) is 22.2. The lowest BCUT2D eigenvalue weighted by molar-refractivity contribution is -0.140. The van der Waals surface area contributed by atoms with Crippen molar-refractivity contribution in [1.82, 2.24) is 16.1 Å². The van der Waals surface area contributed by atoms with E-state index < -0.39 is 35.1 Å². The average molecular weight is 458 g/mol. The van der Waals surface area contributed by atoms with Gasteiger partial charge in [0, 0.05) is 30.5 Å². The van der Waals surface area contributed by atoms with E-state index in [2.05, 4.69) is 16.1 Å². The number of rotatable bonds is 6. The van der Waals surface area contributed by atoms with E-state index in [1.165, 1.54) is 12.1 Å². The van der Waals surface area contributed by atoms with Crippen molar-refractivity contribution >= 4 is 23.4 Å². The fraction of sp³-hybridized carbons (Fsp3) is 0.619. The van der Waals surface area contributed by atoms with Crippen molar-refractivity contribution in [3.8, 4) is 5.75 Å². The summed E-state index contributed by atoms with van der Waals surface area (Å²) in [5, 5.41) is 5.77. The highest BCUT2D eigenvalue weighted by Crippen LogP contribution is 2.48. The molecule has 2 bridgehead atoms. The molecule has 4 fully saturated rings. The van der Waals surface area contributed by atoms with Crippen LogP contribution in [-0.2, 0) is 14.4 Å². The van der Waals surface area contributed by atoms with Crippen LogP contribution in [0, 0.1) is 5.82 Å². The first-order valence-corrected chi connectivity index (χ1v) is 10.8. The fourth-order valence-electron chi connectivity index (χ4n) is 4.76. The molecule has 0 spiro atoms. The predicted octanol–water partition coefficient (Wildman–Crippen LogP) is 2.57. The first-order chi connectivity index (χ1) is 14.7. The van der Waals surface area contributed by atoms with Crippen molar-refractivity contribution in [2.75, 3.05) is 6.61 Å². The second-order valence-corrected chi connectivity index (χ2v) is 9.28. The molecule has 4 aliphatic rings. The van der Waals surface area contributed by atoms with Gasteiger partial charge in [-0.1, -0.05) is 11.6 Å². The van der Waals surface area contributed by atoms with Gasteiger partial charge in [0.25, 0.3) is 11.8 Å². The molecule has 3 aliphatic carbocycles. The van der Waals surface area contributed by atoms with Gasteiger partial charge in [-0.3, -0.25) is 14.4 Å². The molecule has 1 aliphatic heterocycles. The highest BCUT2D eigenvalue weighted by Gasteiger charge is 2.56. The lowest BCUT2D eigenvalue weighted by Crippen LogP contribution is -2.70. The minimum Gasteiger partial charge on any atom is -0.484 e. The predicted molar refractivity (Wildman–Crippen MR) is 109 cm³/mol. The maximum Gasteiger partial charge on any atom is 0.258 e. The number of carbonyl (C=O) groups excluding carboxylic acids is 2. The van der Waals surface area contributed by atoms with Crippen LogP contribution in [0.5, 0.6) is 5.75 Å². The number of fused-ring (bicyclic) bond motifs is 3. The van der Waals surface area contributed by atoms with Crippen LogP contribution in [0.1, 0.15) is 45.4 Å². The molecule has 3 unspecified atom stereocenters. The third kappa shape index (κ3) is 4.63. The van der Waals surface area contributed by atoms with Crippen molar-refractivity contribution in [3.05, 3.63) is 29.0 Å². The molecule has 5 rings (SSSR count). The molecular weight excluding hydrogens is 432 g/mol. The number of carbonyl (C=O) groups is 2. The minimum atomic E-state index is -1.28. The summed E-state index contributed by atoms with van der Waals surface area (Å²) in [6.45, 7) is 1.60. The molecule has 1 aromatic carbocycles. The molecule has 3 atom stereocenters. The molecule has 3 saturated carbocycles. The summed E-state index contributed by atoms with van der Waals surface area (Å²) < 4.78 is 34.0. The van der Waals surface area contributed by atoms with Crippen LogP contribution < -0.4 is 20.9 Å². The van der Waals surface area contributed by atoms with Gasteiger partial charge < -0.3 is 15.4 Å². The summed E-state index contributed by atoms with van der Waals surface area (Å²) >= 11 is 5.63. The quantitative estimate of drug-likeness (QED) is 0.611. The second-order valence-electron chi connectivity index (χ2n) is 8.87. The van der Waals surface area contributed by atoms with Gasteiger partial charge in [0.05, 0.1) is 10.6 Å². The number of benzene rings is 1. The number of hydroxylamine groups is 1. The van der Waals surface area contributed by atoms with Gasteiger partial charge in [0.2, 0.25) is 0 Å². The SMILES string of the molecule is CC1CC(C(=O)NC23CCC(NC(=O)COc4ccc(Cl)c(F)c4)(CC2)CC3F)ON1. The summed E-state index contributed by atoms with van der Waals surface area (Å²) in [7, 11) is 0. The monoisotopic (exact) mass is 457 g/mol. The van der Waals surface area contributed by atoms with E-state index in [-0.39, 0.29) is 35.7 Å². The van der Waals surface area contributed by atoms with Crippen LogP contribution in [0.4, 0.5) is 8.78 Å². The fourth-order valence-corrected chi connectivity index (χ4v) is 4.88. The summed E-state index contributed by atoms with van der Waals surface area (Å²) in [6, 6.07) is 3.99. The molecule has 1 aromatic rings. The Labute approximate surface area is 184 Å². The van der Waals surface area contributed by atoms with Gasteiger partial charge in [-0.15, -0.1) is 0 Å². The summed E-state index contributed by atoms with van der Waals surface area (Å²) in [6.07, 6.45) is 0.713. The number of ether oxygens (including phenoxy) is 1. The number of hydrogen-bond donors (Lipinski definition) is 3. The third-order valence-corrected chi connectivity index (χ3v) is 6.88. The van der Waals surface area contributed by atoms with Gasteiger partial charge in [0.15, 0.2) is 12.7 Å². The Morgan fingerprint density at radius 2 is 2.03 bits per heavy atom. The Hall–Kier alpha value is -1.97. The van der Waals surface area contributed by atoms with Gasteiger partial charge >= 0.3 is 0 Å². The third-order valence-electron chi connectivity index (χ3n) is 6.58. The summed E-state index contributed by atoms with van der Waals surface area (Å²) in [5.74, 6) is -1.16. The van der Waals surface area contributed by atoms with Crippen LogP contribution >= 0.6 is 11.6 Å². The molecule has 7 nitrogen and oxygen atoms in total. The summed E-state index contributed by atoms with van der Waals surface area (Å²) in [5.41, 5.74) is 1.17. The summed E-state index contributed by atoms with van der Waals surface area (Å²) in [4.78, 5) is 30.2. The Balaban J connectivity index is 1.31. The lowest BCUT2D eigenvalue weighted by Gasteiger charge is -2.55. The highest BCUT2D eigenvalue weighted by atomic mass is 35.5. The largest absolute Gasteiger partial charge is 0.484 e. The lowest BCUT2D eigenvalue weighted by atomic mass is 9.60. The van der Waals surface area contributed by atoms with Gasteiger partial charge in [-0.25, -0.2) is 8.78 Å². The van der Waals surface area contributed by atoms with E-state index in [0.29, 0.717) is 32.1 Å². The molecule has 2 amide bonds. The number of halogens is 3. The van der Waals surface area contributed by atoms with Crippen LogP contribution in [0.2, 0.25) is 5.02 Å². The molecular formula is C21H26ClF2N3O4. The Morgan fingerprint density at radius 1 is 1.29 bits per heavy atom. The van der Waals surface area contributed by atoms with E-state index in [1.54, 1.807) is 0 Å². The van der Waals surface area contributed by atoms with Crippen molar-refractivity contribution < 1.29 is 27.9 Å². The molecule has 10 heteroatoms. The Kier molecular flexibility index (Phi) is 6.11. The molecule has 3 N–H and O–H groups in total. The van der Waals surface area contributed by atoms with E-state index in [9.17, 15) is 14.0 Å². The van der Waals surface area contributed by atoms with Crippen molar-refractivity contribution in [2.24, 2.45) is 0 Å². The topological polar surface area (TPSA) is 88.7 Å². The van der Waals surface area contributed by atoms with Gasteiger partial charge in [0.1, 0.15) is 17.7 Å². The van der Waals surface area contributed by atoms with E-state index in [0.717, 1.165) is 6.07 Å². The molecule has 170 valence electrons. The van der Waals surface area contributed by atoms with Crippen LogP contribution in [0.15, 0.2) is 18.2 Å². The second kappa shape index (κ2) is 8.52. The standard InChI is InChI=1S/C21H26ClF2N3O4/c1-12-8-16(31-27-12)19(29)26-21-6-4-20(5-7-21,10-17(21)24)25-18(28)11-30-13-2-3-14(22)15(23)9-13/h2-3,9,12,16-17,27H,4-8,10-11H2,1H3,(H,25,28)(H,26,29). The number of nitrogens with one attached hydrogen (secondary N) is 3. The Morgan fingerprint density at radius 3 is 2.65 bits per heavy atom. The minimum absolute atomic E-state index is 0.0325. The first-order valence-electron chi connectivity index (χ1n) is 10.5. The van der Waals surface area contributed by atoms with Crippen molar-refractivity contribution in [1.29, 1.82) is 0 Å². The number of amides is 2. The normalized spacial score (nSPS) is 34.4. The van der Waals surface area contributed by atoms with Crippen LogP contribution in [-0.4, -0.2) is 47.8 Å². The molecule has 1 heterocycles. The van der Waals surface area contributed by atoms with Crippen LogP contribution in [0.25, 0.3) is 0 Å². The Bertz CT molecular complexity index is 863. The number of alkyl halides is 1. The van der Waals surface area contributed by atoms with Crippen molar-refractivity contribution in [2.45, 2.75) is 74.8 Å². The number of hydrogen-bond acceptors (Lipinski definition) is 5. The zero-order valence-corrected chi connectivity index (χ0v) is 17.9. The van der Waals surface area contributed by atoms with E-state index in [1.807, 2.05) is 6.92 Å². The average Bonchev–Trinajstić information content (AvgIpc) is 3.17. The molecule has 1 saturated heterocycles. The van der Waals surface area contributed by atoms with Crippen molar-refractivity contribution in [3.63, 3.8) is 0 Å². The van der Waals surface area contributed by atoms with Gasteiger partial charge in [-0.05, 0) is 44.7 Å². The van der Waals surface area contributed by atoms with E-state index in [4.69, 9.17) is 21.2 Å². The molecule has 31 heavy (non-hydrogen) atoms. The zero-order chi connectivity index (χ0) is 22.2. The van der Waals surface area contributed by atoms with Crippen LogP contribution in [0.3, 0.4) is 0 Å². The maximum atomic E-state index is 15.2. The maximum absolute atomic E-state index is 15.2. The zero-order valence-electron chi connectivity index (χ0n) is 17.2. The highest BCUT2D eigenvalue weighted by molar-refractivity contribution is 6.30. The van der Waals surface area contributed by atoms with E-state index >= 15 is 4.39 Å².